The van der Waals surface area contributed by atoms with Crippen molar-refractivity contribution >= 4 is 33.6 Å². The zero-order valence-electron chi connectivity index (χ0n) is 12.3. The van der Waals surface area contributed by atoms with Crippen molar-refractivity contribution in [2.45, 2.75) is 38.6 Å². The molecule has 3 unspecified atom stereocenters. The highest BCUT2D eigenvalue weighted by Crippen LogP contribution is 2.28. The van der Waals surface area contributed by atoms with Crippen LogP contribution in [0.1, 0.15) is 43.2 Å². The first-order valence-corrected chi connectivity index (χ1v) is 8.86. The third-order valence-electron chi connectivity index (χ3n) is 3.32. The predicted octanol–water partition coefficient (Wildman–Crippen LogP) is 3.37. The molecule has 6 heteroatoms. The van der Waals surface area contributed by atoms with Crippen molar-refractivity contribution in [2.75, 3.05) is 12.0 Å². The first-order chi connectivity index (χ1) is 9.40. The lowest BCUT2D eigenvalue weighted by Gasteiger charge is -2.17. The number of fused-ring (bicyclic) bond motifs is 1. The van der Waals surface area contributed by atoms with Crippen molar-refractivity contribution in [3.05, 3.63) is 23.7 Å². The summed E-state index contributed by atoms with van der Waals surface area (Å²) in [7, 11) is -0.790. The van der Waals surface area contributed by atoms with E-state index in [0.717, 1.165) is 29.1 Å². The van der Waals surface area contributed by atoms with Gasteiger partial charge in [-0.1, -0.05) is 0 Å². The molecule has 2 aromatic rings. The van der Waals surface area contributed by atoms with Crippen LogP contribution in [0.2, 0.25) is 0 Å². The third-order valence-corrected chi connectivity index (χ3v) is 4.33. The quantitative estimate of drug-likeness (QED) is 0.795. The van der Waals surface area contributed by atoms with Crippen LogP contribution in [-0.4, -0.2) is 30.8 Å². The van der Waals surface area contributed by atoms with Crippen molar-refractivity contribution in [3.63, 3.8) is 0 Å². The van der Waals surface area contributed by atoms with Crippen molar-refractivity contribution in [1.82, 2.24) is 14.5 Å². The summed E-state index contributed by atoms with van der Waals surface area (Å²) < 4.78 is 13.4. The molecule has 4 nitrogen and oxygen atoms in total. The summed E-state index contributed by atoms with van der Waals surface area (Å²) in [5.74, 6) is 1.50. The standard InChI is InChI=1S/C14H20ClN3OS/c1-9-5-6-12-14(16-9)18(13(17-12)11(3)15)10(2)7-8-20(4)19/h5-6,10-11H,7-8H2,1-4H3. The number of rotatable bonds is 5. The van der Waals surface area contributed by atoms with Crippen LogP contribution in [0.3, 0.4) is 0 Å². The SMILES string of the molecule is Cc1ccc2nc(C(C)Cl)n(C(C)CCS(C)=O)c2n1. The predicted molar refractivity (Wildman–Crippen MR) is 84.8 cm³/mol. The maximum Gasteiger partial charge on any atom is 0.160 e. The maximum atomic E-state index is 11.3. The Labute approximate surface area is 127 Å². The van der Waals surface area contributed by atoms with Gasteiger partial charge in [0.15, 0.2) is 5.65 Å². The van der Waals surface area contributed by atoms with E-state index < -0.39 is 10.8 Å². The van der Waals surface area contributed by atoms with Crippen molar-refractivity contribution in [1.29, 1.82) is 0 Å². The lowest BCUT2D eigenvalue weighted by atomic mass is 10.2. The molecule has 0 radical (unpaired) electrons. The monoisotopic (exact) mass is 313 g/mol. The lowest BCUT2D eigenvalue weighted by Crippen LogP contribution is -2.13. The van der Waals surface area contributed by atoms with Crippen molar-refractivity contribution in [3.8, 4) is 0 Å². The third kappa shape index (κ3) is 3.20. The minimum absolute atomic E-state index is 0.175. The maximum absolute atomic E-state index is 11.3. The molecule has 0 aliphatic heterocycles. The van der Waals surface area contributed by atoms with Gasteiger partial charge in [0.25, 0.3) is 0 Å². The number of hydrogen-bond acceptors (Lipinski definition) is 3. The molecular formula is C14H20ClN3OS. The number of aromatic nitrogens is 3. The molecule has 0 aliphatic carbocycles. The summed E-state index contributed by atoms with van der Waals surface area (Å²) in [4.78, 5) is 9.19. The molecule has 0 bridgehead atoms. The summed E-state index contributed by atoms with van der Waals surface area (Å²) in [6.07, 6.45) is 2.55. The number of halogens is 1. The van der Waals surface area contributed by atoms with Crippen molar-refractivity contribution in [2.24, 2.45) is 0 Å². The Bertz CT molecular complexity index is 639. The van der Waals surface area contributed by atoms with Gasteiger partial charge in [-0.15, -0.1) is 11.6 Å². The van der Waals surface area contributed by atoms with Crippen molar-refractivity contribution < 1.29 is 4.21 Å². The molecule has 110 valence electrons. The summed E-state index contributed by atoms with van der Waals surface area (Å²) in [5.41, 5.74) is 2.68. The largest absolute Gasteiger partial charge is 0.309 e. The Morgan fingerprint density at radius 1 is 1.35 bits per heavy atom. The molecule has 0 aliphatic rings. The lowest BCUT2D eigenvalue weighted by molar-refractivity contribution is 0.519. The van der Waals surface area contributed by atoms with Crippen LogP contribution >= 0.6 is 11.6 Å². The second kappa shape index (κ2) is 6.22. The van der Waals surface area contributed by atoms with Gasteiger partial charge >= 0.3 is 0 Å². The molecule has 0 fully saturated rings. The van der Waals surface area contributed by atoms with E-state index >= 15 is 0 Å². The van der Waals surface area contributed by atoms with Gasteiger partial charge in [-0.05, 0) is 39.3 Å². The van der Waals surface area contributed by atoms with Crippen LogP contribution < -0.4 is 0 Å². The first kappa shape index (κ1) is 15.4. The number of imidazole rings is 1. The second-order valence-corrected chi connectivity index (χ2v) is 7.38. The van der Waals surface area contributed by atoms with Gasteiger partial charge in [0.2, 0.25) is 0 Å². The van der Waals surface area contributed by atoms with Crippen LogP contribution in [0.5, 0.6) is 0 Å². The molecule has 0 saturated heterocycles. The molecule has 0 N–H and O–H groups in total. The summed E-state index contributed by atoms with van der Waals surface area (Å²) in [6.45, 7) is 5.98. The van der Waals surface area contributed by atoms with Crippen LogP contribution in [-0.2, 0) is 10.8 Å². The average Bonchev–Trinajstić information content (AvgIpc) is 2.74. The number of aryl methyl sites for hydroxylation is 1. The van der Waals surface area contributed by atoms with Crippen LogP contribution in [0.4, 0.5) is 0 Å². The molecule has 2 aromatic heterocycles. The van der Waals surface area contributed by atoms with E-state index in [0.29, 0.717) is 5.75 Å². The Balaban J connectivity index is 2.49. The van der Waals surface area contributed by atoms with Crippen LogP contribution in [0, 0.1) is 6.92 Å². The second-order valence-electron chi connectivity index (χ2n) is 5.17. The van der Waals surface area contributed by atoms with Gasteiger partial charge in [0, 0.05) is 34.5 Å². The fraction of sp³-hybridized carbons (Fsp3) is 0.571. The van der Waals surface area contributed by atoms with E-state index in [1.54, 1.807) is 6.26 Å². The molecular weight excluding hydrogens is 294 g/mol. The molecule has 2 heterocycles. The molecule has 0 amide bonds. The van der Waals surface area contributed by atoms with Gasteiger partial charge in [0.1, 0.15) is 11.3 Å². The van der Waals surface area contributed by atoms with Gasteiger partial charge in [-0.2, -0.15) is 0 Å². The van der Waals surface area contributed by atoms with E-state index in [-0.39, 0.29) is 11.4 Å². The van der Waals surface area contributed by atoms with E-state index in [9.17, 15) is 4.21 Å². The summed E-state index contributed by atoms with van der Waals surface area (Å²) in [5, 5.41) is -0.181. The zero-order chi connectivity index (χ0) is 14.9. The molecule has 0 saturated carbocycles. The van der Waals surface area contributed by atoms with Crippen LogP contribution in [0.15, 0.2) is 12.1 Å². The molecule has 0 spiro atoms. The summed E-state index contributed by atoms with van der Waals surface area (Å²) in [6, 6.07) is 4.10. The fourth-order valence-corrected chi connectivity index (χ4v) is 3.09. The van der Waals surface area contributed by atoms with Gasteiger partial charge < -0.3 is 4.57 Å². The Kier molecular flexibility index (Phi) is 4.81. The minimum Gasteiger partial charge on any atom is -0.309 e. The summed E-state index contributed by atoms with van der Waals surface area (Å²) >= 11 is 6.26. The average molecular weight is 314 g/mol. The van der Waals surface area contributed by atoms with E-state index in [2.05, 4.69) is 21.5 Å². The van der Waals surface area contributed by atoms with Gasteiger partial charge in [-0.25, -0.2) is 9.97 Å². The van der Waals surface area contributed by atoms with Gasteiger partial charge in [-0.3, -0.25) is 4.21 Å². The normalized spacial score (nSPS) is 16.2. The molecule has 20 heavy (non-hydrogen) atoms. The smallest absolute Gasteiger partial charge is 0.160 e. The fourth-order valence-electron chi connectivity index (χ4n) is 2.27. The van der Waals surface area contributed by atoms with E-state index in [1.807, 2.05) is 26.0 Å². The highest BCUT2D eigenvalue weighted by molar-refractivity contribution is 7.84. The molecule has 2 rings (SSSR count). The van der Waals surface area contributed by atoms with Gasteiger partial charge in [0.05, 0.1) is 5.38 Å². The minimum atomic E-state index is -0.790. The Morgan fingerprint density at radius 3 is 2.65 bits per heavy atom. The van der Waals surface area contributed by atoms with E-state index in [1.165, 1.54) is 0 Å². The highest BCUT2D eigenvalue weighted by atomic mass is 35.5. The number of nitrogens with zero attached hydrogens (tertiary/aromatic N) is 3. The highest BCUT2D eigenvalue weighted by Gasteiger charge is 2.20. The Hall–Kier alpha value is -0.940. The molecule has 0 aromatic carbocycles. The number of pyridine rings is 1. The zero-order valence-corrected chi connectivity index (χ0v) is 13.8. The number of alkyl halides is 1. The first-order valence-electron chi connectivity index (χ1n) is 6.69. The van der Waals surface area contributed by atoms with E-state index in [4.69, 9.17) is 11.6 Å². The topological polar surface area (TPSA) is 47.8 Å². The number of hydrogen-bond donors (Lipinski definition) is 0. The van der Waals surface area contributed by atoms with Crippen LogP contribution in [0.25, 0.3) is 11.2 Å². The Morgan fingerprint density at radius 2 is 2.05 bits per heavy atom. The molecule has 3 atom stereocenters.